The lowest BCUT2D eigenvalue weighted by atomic mass is 10.0. The average molecular weight is 409 g/mol. The molecular formula is C22H27N5O3. The third kappa shape index (κ3) is 3.95. The second-order valence-electron chi connectivity index (χ2n) is 7.53. The summed E-state index contributed by atoms with van der Waals surface area (Å²) in [6.07, 6.45) is 3.45. The molecule has 2 amide bonds. The fourth-order valence-corrected chi connectivity index (χ4v) is 4.03. The molecule has 30 heavy (non-hydrogen) atoms. The Morgan fingerprint density at radius 3 is 2.77 bits per heavy atom. The van der Waals surface area contributed by atoms with Crippen LogP contribution in [-0.4, -0.2) is 52.8 Å². The average Bonchev–Trinajstić information content (AvgIpc) is 3.12. The third-order valence-corrected chi connectivity index (χ3v) is 5.51. The Morgan fingerprint density at radius 2 is 2.03 bits per heavy atom. The predicted molar refractivity (Wildman–Crippen MR) is 115 cm³/mol. The molecule has 8 nitrogen and oxygen atoms in total. The minimum atomic E-state index is -0.108. The third-order valence-electron chi connectivity index (χ3n) is 5.51. The first-order valence-electron chi connectivity index (χ1n) is 10.1. The van der Waals surface area contributed by atoms with Crippen molar-refractivity contribution < 1.29 is 14.3 Å². The van der Waals surface area contributed by atoms with Crippen molar-refractivity contribution in [3.05, 3.63) is 47.9 Å². The number of pyridine rings is 1. The van der Waals surface area contributed by atoms with Gasteiger partial charge >= 0.3 is 6.03 Å². The molecule has 2 aromatic heterocycles. The van der Waals surface area contributed by atoms with Gasteiger partial charge in [0.25, 0.3) is 0 Å². The van der Waals surface area contributed by atoms with Crippen LogP contribution in [-0.2, 0) is 11.3 Å². The lowest BCUT2D eigenvalue weighted by molar-refractivity contribution is 0.162. The number of rotatable bonds is 5. The number of nitrogens with one attached hydrogen (secondary N) is 1. The van der Waals surface area contributed by atoms with Crippen molar-refractivity contribution in [1.29, 1.82) is 0 Å². The van der Waals surface area contributed by atoms with E-state index in [1.165, 1.54) is 0 Å². The Balaban J connectivity index is 1.47. The largest absolute Gasteiger partial charge is 0.495 e. The molecule has 3 heterocycles. The molecule has 1 aliphatic heterocycles. The Kier molecular flexibility index (Phi) is 5.85. The van der Waals surface area contributed by atoms with Crippen molar-refractivity contribution in [1.82, 2.24) is 19.4 Å². The van der Waals surface area contributed by atoms with E-state index in [0.29, 0.717) is 31.1 Å². The molecule has 4 rings (SSSR count). The molecule has 1 fully saturated rings. The molecule has 158 valence electrons. The monoisotopic (exact) mass is 409 g/mol. The van der Waals surface area contributed by atoms with Gasteiger partial charge in [-0.2, -0.15) is 0 Å². The zero-order chi connectivity index (χ0) is 21.1. The van der Waals surface area contributed by atoms with E-state index in [9.17, 15) is 4.79 Å². The molecule has 1 aromatic carbocycles. The zero-order valence-electron chi connectivity index (χ0n) is 17.6. The van der Waals surface area contributed by atoms with Gasteiger partial charge in [-0.25, -0.2) is 14.8 Å². The van der Waals surface area contributed by atoms with E-state index < -0.39 is 0 Å². The number of imidazole rings is 1. The van der Waals surface area contributed by atoms with E-state index in [-0.39, 0.29) is 12.1 Å². The van der Waals surface area contributed by atoms with Gasteiger partial charge in [-0.15, -0.1) is 0 Å². The summed E-state index contributed by atoms with van der Waals surface area (Å²) in [6, 6.07) is 9.73. The molecule has 0 bridgehead atoms. The van der Waals surface area contributed by atoms with Crippen molar-refractivity contribution in [2.75, 3.05) is 32.6 Å². The van der Waals surface area contributed by atoms with Crippen LogP contribution in [0.15, 0.2) is 36.5 Å². The molecule has 1 aliphatic rings. The number of hydrogen-bond donors (Lipinski definition) is 1. The fourth-order valence-electron chi connectivity index (χ4n) is 4.03. The number of urea groups is 1. The summed E-state index contributed by atoms with van der Waals surface area (Å²) < 4.78 is 12.9. The number of benzene rings is 1. The topological polar surface area (TPSA) is 81.5 Å². The minimum Gasteiger partial charge on any atom is -0.495 e. The van der Waals surface area contributed by atoms with E-state index >= 15 is 0 Å². The first kappa shape index (κ1) is 20.2. The number of anilines is 1. The molecule has 0 radical (unpaired) electrons. The van der Waals surface area contributed by atoms with Crippen LogP contribution in [0.25, 0.3) is 11.2 Å². The Morgan fingerprint density at radius 1 is 1.23 bits per heavy atom. The smallest absolute Gasteiger partial charge is 0.321 e. The van der Waals surface area contributed by atoms with E-state index in [4.69, 9.17) is 9.47 Å². The zero-order valence-corrected chi connectivity index (χ0v) is 17.6. The number of ether oxygens (including phenoxy) is 2. The highest BCUT2D eigenvalue weighted by Crippen LogP contribution is 2.30. The van der Waals surface area contributed by atoms with Gasteiger partial charge in [-0.1, -0.05) is 6.07 Å². The second-order valence-corrected chi connectivity index (χ2v) is 7.53. The van der Waals surface area contributed by atoms with Gasteiger partial charge in [0.2, 0.25) is 0 Å². The van der Waals surface area contributed by atoms with E-state index in [1.807, 2.05) is 42.2 Å². The number of aromatic nitrogens is 3. The van der Waals surface area contributed by atoms with Crippen molar-refractivity contribution in [2.24, 2.45) is 0 Å². The molecule has 0 unspecified atom stereocenters. The van der Waals surface area contributed by atoms with Crippen molar-refractivity contribution in [2.45, 2.75) is 32.4 Å². The summed E-state index contributed by atoms with van der Waals surface area (Å²) in [5.41, 5.74) is 3.50. The first-order chi connectivity index (χ1) is 14.6. The number of likely N-dealkylation sites (tertiary alicyclic amines) is 1. The van der Waals surface area contributed by atoms with Gasteiger partial charge < -0.3 is 24.3 Å². The highest BCUT2D eigenvalue weighted by atomic mass is 16.5. The lowest BCUT2D eigenvalue weighted by Crippen LogP contribution is -2.41. The Bertz CT molecular complexity index is 1040. The number of aryl methyl sites for hydroxylation is 1. The summed E-state index contributed by atoms with van der Waals surface area (Å²) >= 11 is 0. The van der Waals surface area contributed by atoms with Crippen molar-refractivity contribution in [3.8, 4) is 5.75 Å². The van der Waals surface area contributed by atoms with Crippen LogP contribution >= 0.6 is 0 Å². The van der Waals surface area contributed by atoms with Gasteiger partial charge in [0.15, 0.2) is 5.65 Å². The molecular weight excluding hydrogens is 382 g/mol. The molecule has 8 heteroatoms. The number of piperidine rings is 1. The standard InChI is InChI=1S/C22H27N5O3/c1-15-6-7-19(30-3)18(13-15)25-22(28)26-11-8-16(9-12-26)27-20(14-29-2)24-17-5-4-10-23-21(17)27/h4-7,10,13,16H,8-9,11-12,14H2,1-3H3,(H,25,28). The number of amides is 2. The van der Waals surface area contributed by atoms with Gasteiger partial charge in [0.05, 0.1) is 12.8 Å². The predicted octanol–water partition coefficient (Wildman–Crippen LogP) is 3.76. The van der Waals surface area contributed by atoms with Gasteiger partial charge in [0, 0.05) is 32.4 Å². The number of carbonyl (C=O) groups excluding carboxylic acids is 1. The number of methoxy groups -OCH3 is 2. The number of nitrogens with zero attached hydrogens (tertiary/aromatic N) is 4. The highest BCUT2D eigenvalue weighted by molar-refractivity contribution is 5.91. The van der Waals surface area contributed by atoms with Crippen molar-refractivity contribution >= 4 is 22.9 Å². The molecule has 0 atom stereocenters. The maximum Gasteiger partial charge on any atom is 0.321 e. The molecule has 1 saturated heterocycles. The van der Waals surface area contributed by atoms with Crippen LogP contribution in [0.4, 0.5) is 10.5 Å². The van der Waals surface area contributed by atoms with Crippen LogP contribution in [0.1, 0.15) is 30.3 Å². The SMILES string of the molecule is COCc1nc2cccnc2n1C1CCN(C(=O)Nc2cc(C)ccc2OC)CC1. The van der Waals surface area contributed by atoms with Crippen LogP contribution < -0.4 is 10.1 Å². The molecule has 1 N–H and O–H groups in total. The molecule has 0 spiro atoms. The quantitative estimate of drug-likeness (QED) is 0.694. The van der Waals surface area contributed by atoms with Gasteiger partial charge in [0.1, 0.15) is 23.7 Å². The number of hydrogen-bond acceptors (Lipinski definition) is 5. The van der Waals surface area contributed by atoms with E-state index in [0.717, 1.165) is 35.4 Å². The van der Waals surface area contributed by atoms with Crippen LogP contribution in [0.3, 0.4) is 0 Å². The lowest BCUT2D eigenvalue weighted by Gasteiger charge is -2.33. The minimum absolute atomic E-state index is 0.108. The van der Waals surface area contributed by atoms with E-state index in [2.05, 4.69) is 19.9 Å². The van der Waals surface area contributed by atoms with Gasteiger partial charge in [-0.05, 0) is 49.6 Å². The summed E-state index contributed by atoms with van der Waals surface area (Å²) in [4.78, 5) is 23.9. The van der Waals surface area contributed by atoms with Crippen molar-refractivity contribution in [3.63, 3.8) is 0 Å². The Hall–Kier alpha value is -3.13. The summed E-state index contributed by atoms with van der Waals surface area (Å²) in [6.45, 7) is 3.74. The molecule has 0 saturated carbocycles. The second kappa shape index (κ2) is 8.71. The summed E-state index contributed by atoms with van der Waals surface area (Å²) in [7, 11) is 3.27. The molecule has 0 aliphatic carbocycles. The number of fused-ring (bicyclic) bond motifs is 1. The van der Waals surface area contributed by atoms with Gasteiger partial charge in [-0.3, -0.25) is 0 Å². The Labute approximate surface area is 175 Å². The highest BCUT2D eigenvalue weighted by Gasteiger charge is 2.27. The number of carbonyl (C=O) groups is 1. The maximum absolute atomic E-state index is 12.8. The normalized spacial score (nSPS) is 14.8. The fraction of sp³-hybridized carbons (Fsp3) is 0.409. The van der Waals surface area contributed by atoms with Crippen LogP contribution in [0, 0.1) is 6.92 Å². The van der Waals surface area contributed by atoms with E-state index in [1.54, 1.807) is 20.4 Å². The summed E-state index contributed by atoms with van der Waals surface area (Å²) in [5.74, 6) is 1.53. The van der Waals surface area contributed by atoms with Crippen LogP contribution in [0.5, 0.6) is 5.75 Å². The first-order valence-corrected chi connectivity index (χ1v) is 10.1. The maximum atomic E-state index is 12.8. The van der Waals surface area contributed by atoms with Crippen LogP contribution in [0.2, 0.25) is 0 Å². The molecule has 3 aromatic rings. The summed E-state index contributed by atoms with van der Waals surface area (Å²) in [5, 5.41) is 2.99.